The number of likely N-dealkylation sites (N-methyl/N-ethyl adjacent to an activating group) is 1. The Labute approximate surface area is 150 Å². The van der Waals surface area contributed by atoms with Crippen LogP contribution in [-0.4, -0.2) is 54.5 Å². The third kappa shape index (κ3) is 4.01. The highest BCUT2D eigenvalue weighted by Crippen LogP contribution is 2.35. The Morgan fingerprint density at radius 2 is 2.00 bits per heavy atom. The van der Waals surface area contributed by atoms with Crippen LogP contribution in [0, 0.1) is 5.82 Å². The highest BCUT2D eigenvalue weighted by atomic mass is 19.4. The fraction of sp³-hybridized carbons (Fsp3) is 0.611. The summed E-state index contributed by atoms with van der Waals surface area (Å²) in [6, 6.07) is 2.64. The molecule has 0 unspecified atom stereocenters. The fourth-order valence-corrected chi connectivity index (χ4v) is 4.02. The van der Waals surface area contributed by atoms with E-state index in [0.717, 1.165) is 24.6 Å². The van der Waals surface area contributed by atoms with E-state index in [-0.39, 0.29) is 23.6 Å². The van der Waals surface area contributed by atoms with Crippen LogP contribution in [0.2, 0.25) is 0 Å². The first-order valence-electron chi connectivity index (χ1n) is 8.76. The maximum atomic E-state index is 13.6. The van der Waals surface area contributed by atoms with Gasteiger partial charge in [-0.1, -0.05) is 0 Å². The van der Waals surface area contributed by atoms with E-state index in [1.54, 1.807) is 0 Å². The van der Waals surface area contributed by atoms with Crippen molar-refractivity contribution in [1.29, 1.82) is 0 Å². The normalized spacial score (nSPS) is 26.0. The monoisotopic (exact) mass is 373 g/mol. The molecule has 1 aromatic carbocycles. The molecule has 0 saturated carbocycles. The number of benzene rings is 1. The van der Waals surface area contributed by atoms with Crippen molar-refractivity contribution in [3.8, 4) is 0 Å². The number of alkyl halides is 3. The summed E-state index contributed by atoms with van der Waals surface area (Å²) < 4.78 is 53.3. The Morgan fingerprint density at radius 1 is 1.23 bits per heavy atom. The molecular weight excluding hydrogens is 350 g/mol. The van der Waals surface area contributed by atoms with Crippen LogP contribution in [-0.2, 0) is 17.5 Å². The summed E-state index contributed by atoms with van der Waals surface area (Å²) in [7, 11) is 2.00. The molecule has 1 amide bonds. The molecule has 2 fully saturated rings. The molecule has 2 aliphatic heterocycles. The highest BCUT2D eigenvalue weighted by Gasteiger charge is 2.41. The third-order valence-corrected chi connectivity index (χ3v) is 5.58. The van der Waals surface area contributed by atoms with E-state index in [1.165, 1.54) is 0 Å². The van der Waals surface area contributed by atoms with E-state index in [9.17, 15) is 22.4 Å². The lowest BCUT2D eigenvalue weighted by Gasteiger charge is -2.49. The Kier molecular flexibility index (Phi) is 5.25. The molecule has 8 heteroatoms. The fourth-order valence-electron chi connectivity index (χ4n) is 4.02. The predicted molar refractivity (Wildman–Crippen MR) is 88.9 cm³/mol. The molecule has 0 aliphatic carbocycles. The molecule has 2 heterocycles. The van der Waals surface area contributed by atoms with Gasteiger partial charge < -0.3 is 5.32 Å². The lowest BCUT2D eigenvalue weighted by atomic mass is 9.86. The maximum absolute atomic E-state index is 13.6. The van der Waals surface area contributed by atoms with Gasteiger partial charge in [-0.15, -0.1) is 0 Å². The molecule has 4 nitrogen and oxygen atoms in total. The lowest BCUT2D eigenvalue weighted by Crippen LogP contribution is -2.60. The van der Waals surface area contributed by atoms with Crippen LogP contribution in [0.4, 0.5) is 17.6 Å². The highest BCUT2D eigenvalue weighted by molar-refractivity contribution is 5.76. The van der Waals surface area contributed by atoms with Crippen molar-refractivity contribution < 1.29 is 22.4 Å². The van der Waals surface area contributed by atoms with Crippen LogP contribution >= 0.6 is 0 Å². The van der Waals surface area contributed by atoms with E-state index in [2.05, 4.69) is 10.2 Å². The smallest absolute Gasteiger partial charge is 0.356 e. The number of hydrogen-bond donors (Lipinski definition) is 1. The number of nitrogens with one attached hydrogen (secondary N) is 1. The van der Waals surface area contributed by atoms with E-state index in [4.69, 9.17) is 0 Å². The van der Waals surface area contributed by atoms with Gasteiger partial charge in [0.05, 0.1) is 5.56 Å². The summed E-state index contributed by atoms with van der Waals surface area (Å²) in [5.74, 6) is -0.655. The van der Waals surface area contributed by atoms with Crippen LogP contribution in [0.5, 0.6) is 0 Å². The van der Waals surface area contributed by atoms with E-state index in [1.807, 2.05) is 11.9 Å². The molecule has 0 radical (unpaired) electrons. The molecule has 0 aromatic heterocycles. The average Bonchev–Trinajstić information content (AvgIpc) is 2.73. The molecule has 26 heavy (non-hydrogen) atoms. The second-order valence-electron chi connectivity index (χ2n) is 7.26. The zero-order chi connectivity index (χ0) is 18.9. The third-order valence-electron chi connectivity index (χ3n) is 5.58. The molecule has 1 spiro atoms. The number of hydrogen-bond acceptors (Lipinski definition) is 3. The first-order chi connectivity index (χ1) is 12.2. The number of carbonyl (C=O) groups is 1. The van der Waals surface area contributed by atoms with Crippen LogP contribution in [0.1, 0.15) is 30.4 Å². The van der Waals surface area contributed by atoms with E-state index < -0.39 is 17.6 Å². The second-order valence-corrected chi connectivity index (χ2v) is 7.26. The predicted octanol–water partition coefficient (Wildman–Crippen LogP) is 2.63. The molecule has 1 atom stereocenters. The number of amides is 1. The Balaban J connectivity index is 1.81. The minimum absolute atomic E-state index is 0.0110. The number of rotatable bonds is 2. The van der Waals surface area contributed by atoms with Gasteiger partial charge in [0.2, 0.25) is 5.91 Å². The second kappa shape index (κ2) is 7.15. The minimum Gasteiger partial charge on any atom is -0.356 e. The summed E-state index contributed by atoms with van der Waals surface area (Å²) in [6.07, 6.45) is -2.68. The molecule has 1 N–H and O–H groups in total. The molecule has 2 aliphatic rings. The van der Waals surface area contributed by atoms with Crippen molar-refractivity contribution in [2.75, 3.05) is 33.2 Å². The van der Waals surface area contributed by atoms with Gasteiger partial charge in [-0.05, 0) is 43.7 Å². The van der Waals surface area contributed by atoms with Crippen molar-refractivity contribution in [1.82, 2.24) is 15.1 Å². The topological polar surface area (TPSA) is 35.6 Å². The molecular formula is C18H23F4N3O. The van der Waals surface area contributed by atoms with Crippen LogP contribution < -0.4 is 5.32 Å². The SMILES string of the molecule is CN1CCN(Cc2cc(F)ccc2C(F)(F)F)C[C@@]12CCNC(=O)CC2. The zero-order valence-corrected chi connectivity index (χ0v) is 14.7. The standard InChI is InChI=1S/C18H23F4N3O/c1-24-8-9-25(12-17(24)5-4-16(26)23-7-6-17)11-13-10-14(19)2-3-15(13)18(20,21)22/h2-3,10H,4-9,11-12H2,1H3,(H,23,26)/t17-/m1/s1. The van der Waals surface area contributed by atoms with Gasteiger partial charge in [0.25, 0.3) is 0 Å². The van der Waals surface area contributed by atoms with Crippen molar-refractivity contribution in [3.05, 3.63) is 35.1 Å². The van der Waals surface area contributed by atoms with Gasteiger partial charge in [0, 0.05) is 44.7 Å². The first kappa shape index (κ1) is 19.1. The first-order valence-corrected chi connectivity index (χ1v) is 8.76. The number of halogens is 4. The van der Waals surface area contributed by atoms with E-state index in [0.29, 0.717) is 39.0 Å². The number of piperazine rings is 1. The van der Waals surface area contributed by atoms with Crippen LogP contribution in [0.3, 0.4) is 0 Å². The summed E-state index contributed by atoms with van der Waals surface area (Å²) in [5, 5.41) is 2.86. The summed E-state index contributed by atoms with van der Waals surface area (Å²) >= 11 is 0. The van der Waals surface area contributed by atoms with Crippen molar-refractivity contribution in [2.45, 2.75) is 37.5 Å². The summed E-state index contributed by atoms with van der Waals surface area (Å²) in [5.41, 5.74) is -1.08. The van der Waals surface area contributed by atoms with Crippen LogP contribution in [0.15, 0.2) is 18.2 Å². The number of nitrogens with zero attached hydrogens (tertiary/aromatic N) is 2. The zero-order valence-electron chi connectivity index (χ0n) is 14.7. The Hall–Kier alpha value is -1.67. The minimum atomic E-state index is -4.51. The van der Waals surface area contributed by atoms with Gasteiger partial charge in [0.1, 0.15) is 5.82 Å². The number of carbonyl (C=O) groups excluding carboxylic acids is 1. The van der Waals surface area contributed by atoms with Gasteiger partial charge in [-0.2, -0.15) is 13.2 Å². The Morgan fingerprint density at radius 3 is 2.73 bits per heavy atom. The van der Waals surface area contributed by atoms with Gasteiger partial charge in [0.15, 0.2) is 0 Å². The molecule has 2 saturated heterocycles. The average molecular weight is 373 g/mol. The largest absolute Gasteiger partial charge is 0.416 e. The molecule has 3 rings (SSSR count). The molecule has 0 bridgehead atoms. The van der Waals surface area contributed by atoms with E-state index >= 15 is 0 Å². The summed E-state index contributed by atoms with van der Waals surface area (Å²) in [4.78, 5) is 15.8. The van der Waals surface area contributed by atoms with Crippen molar-refractivity contribution in [2.24, 2.45) is 0 Å². The van der Waals surface area contributed by atoms with Gasteiger partial charge in [-0.25, -0.2) is 4.39 Å². The van der Waals surface area contributed by atoms with Crippen LogP contribution in [0.25, 0.3) is 0 Å². The quantitative estimate of drug-likeness (QED) is 0.810. The van der Waals surface area contributed by atoms with Crippen molar-refractivity contribution >= 4 is 5.91 Å². The lowest BCUT2D eigenvalue weighted by molar-refractivity contribution is -0.138. The molecule has 1 aromatic rings. The maximum Gasteiger partial charge on any atom is 0.416 e. The molecule has 144 valence electrons. The Bertz CT molecular complexity index is 679. The van der Waals surface area contributed by atoms with Gasteiger partial charge >= 0.3 is 6.18 Å². The summed E-state index contributed by atoms with van der Waals surface area (Å²) in [6.45, 7) is 2.47. The van der Waals surface area contributed by atoms with Gasteiger partial charge in [-0.3, -0.25) is 14.6 Å². The van der Waals surface area contributed by atoms with Crippen molar-refractivity contribution in [3.63, 3.8) is 0 Å².